The fourth-order valence-electron chi connectivity index (χ4n) is 1.70. The zero-order valence-electron chi connectivity index (χ0n) is 12.6. The van der Waals surface area contributed by atoms with E-state index in [0.717, 1.165) is 12.3 Å². The first-order valence-electron chi connectivity index (χ1n) is 7.16. The summed E-state index contributed by atoms with van der Waals surface area (Å²) >= 11 is 0. The summed E-state index contributed by atoms with van der Waals surface area (Å²) in [6.07, 6.45) is 1.42. The number of rotatable bonds is 8. The summed E-state index contributed by atoms with van der Waals surface area (Å²) in [7, 11) is 0. The highest BCUT2D eigenvalue weighted by Crippen LogP contribution is 2.18. The van der Waals surface area contributed by atoms with E-state index in [4.69, 9.17) is 4.74 Å². The Hall–Kier alpha value is -1.06. The van der Waals surface area contributed by atoms with Crippen molar-refractivity contribution in [3.05, 3.63) is 29.8 Å². The van der Waals surface area contributed by atoms with Crippen LogP contribution in [0, 0.1) is 0 Å². The lowest BCUT2D eigenvalue weighted by Crippen LogP contribution is -2.34. The van der Waals surface area contributed by atoms with Gasteiger partial charge in [-0.05, 0) is 30.5 Å². The highest BCUT2D eigenvalue weighted by atomic mass is 16.5. The number of benzene rings is 1. The molecule has 1 aromatic carbocycles. The van der Waals surface area contributed by atoms with Crippen molar-refractivity contribution in [2.75, 3.05) is 6.61 Å². The molecule has 0 bridgehead atoms. The molecule has 0 spiro atoms. The van der Waals surface area contributed by atoms with Crippen molar-refractivity contribution in [2.24, 2.45) is 0 Å². The van der Waals surface area contributed by atoms with Crippen molar-refractivity contribution in [1.82, 2.24) is 5.32 Å². The molecule has 0 saturated carbocycles. The van der Waals surface area contributed by atoms with Gasteiger partial charge in [0.25, 0.3) is 0 Å². The summed E-state index contributed by atoms with van der Waals surface area (Å²) in [6.45, 7) is 9.44. The zero-order chi connectivity index (χ0) is 14.3. The SMILES string of the molecule is CCC(O)(CC)COc1ccc(CNC(C)C)cc1. The molecular formula is C16H27NO2. The summed E-state index contributed by atoms with van der Waals surface area (Å²) in [6, 6.07) is 8.52. The fraction of sp³-hybridized carbons (Fsp3) is 0.625. The Kier molecular flexibility index (Phi) is 6.32. The first-order chi connectivity index (χ1) is 8.99. The smallest absolute Gasteiger partial charge is 0.119 e. The van der Waals surface area contributed by atoms with E-state index < -0.39 is 5.60 Å². The van der Waals surface area contributed by atoms with Gasteiger partial charge in [-0.2, -0.15) is 0 Å². The summed E-state index contributed by atoms with van der Waals surface area (Å²) in [4.78, 5) is 0. The third-order valence-electron chi connectivity index (χ3n) is 3.46. The molecule has 0 radical (unpaired) electrons. The van der Waals surface area contributed by atoms with Crippen molar-refractivity contribution >= 4 is 0 Å². The maximum atomic E-state index is 10.2. The maximum absolute atomic E-state index is 10.2. The van der Waals surface area contributed by atoms with Crippen LogP contribution in [0.2, 0.25) is 0 Å². The van der Waals surface area contributed by atoms with Gasteiger partial charge in [0.2, 0.25) is 0 Å². The lowest BCUT2D eigenvalue weighted by Gasteiger charge is -2.25. The Morgan fingerprint density at radius 2 is 1.74 bits per heavy atom. The van der Waals surface area contributed by atoms with E-state index in [-0.39, 0.29) is 0 Å². The van der Waals surface area contributed by atoms with Crippen LogP contribution in [0.5, 0.6) is 5.75 Å². The van der Waals surface area contributed by atoms with Gasteiger partial charge in [0, 0.05) is 12.6 Å². The van der Waals surface area contributed by atoms with Crippen LogP contribution >= 0.6 is 0 Å². The van der Waals surface area contributed by atoms with Crippen LogP contribution in [0.15, 0.2) is 24.3 Å². The van der Waals surface area contributed by atoms with Crippen LogP contribution in [-0.4, -0.2) is 23.4 Å². The maximum Gasteiger partial charge on any atom is 0.119 e. The highest BCUT2D eigenvalue weighted by Gasteiger charge is 2.22. The average Bonchev–Trinajstić information content (AvgIpc) is 2.43. The van der Waals surface area contributed by atoms with E-state index in [1.165, 1.54) is 5.56 Å². The van der Waals surface area contributed by atoms with E-state index in [9.17, 15) is 5.11 Å². The lowest BCUT2D eigenvalue weighted by molar-refractivity contribution is -0.0113. The molecule has 2 N–H and O–H groups in total. The Bertz CT molecular complexity index is 356. The second-order valence-corrected chi connectivity index (χ2v) is 5.40. The molecular weight excluding hydrogens is 238 g/mol. The first-order valence-corrected chi connectivity index (χ1v) is 7.16. The van der Waals surface area contributed by atoms with Gasteiger partial charge in [-0.3, -0.25) is 0 Å². The standard InChI is InChI=1S/C16H27NO2/c1-5-16(18,6-2)12-19-15-9-7-14(8-10-15)11-17-13(3)4/h7-10,13,17-18H,5-6,11-12H2,1-4H3. The molecule has 0 aliphatic rings. The molecule has 0 saturated heterocycles. The minimum atomic E-state index is -0.710. The summed E-state index contributed by atoms with van der Waals surface area (Å²) < 4.78 is 5.66. The number of hydrogen-bond donors (Lipinski definition) is 2. The molecule has 3 nitrogen and oxygen atoms in total. The molecule has 0 aliphatic heterocycles. The predicted molar refractivity (Wildman–Crippen MR) is 79.4 cm³/mol. The number of hydrogen-bond acceptors (Lipinski definition) is 3. The van der Waals surface area contributed by atoms with Crippen LogP contribution in [-0.2, 0) is 6.54 Å². The first kappa shape index (κ1) is 16.0. The Morgan fingerprint density at radius 1 is 1.16 bits per heavy atom. The van der Waals surface area contributed by atoms with Crippen molar-refractivity contribution in [2.45, 2.75) is 58.7 Å². The van der Waals surface area contributed by atoms with Gasteiger partial charge < -0.3 is 15.2 Å². The number of aliphatic hydroxyl groups is 1. The molecule has 1 rings (SSSR count). The van der Waals surface area contributed by atoms with Gasteiger partial charge in [0.05, 0.1) is 5.60 Å². The Balaban J connectivity index is 2.48. The third kappa shape index (κ3) is 5.62. The molecule has 108 valence electrons. The molecule has 0 fully saturated rings. The molecule has 0 heterocycles. The van der Waals surface area contributed by atoms with Gasteiger partial charge >= 0.3 is 0 Å². The van der Waals surface area contributed by atoms with Crippen LogP contribution < -0.4 is 10.1 Å². The van der Waals surface area contributed by atoms with Crippen molar-refractivity contribution in [1.29, 1.82) is 0 Å². The molecule has 0 amide bonds. The van der Waals surface area contributed by atoms with Gasteiger partial charge in [-0.25, -0.2) is 0 Å². The van der Waals surface area contributed by atoms with Crippen LogP contribution in [0.25, 0.3) is 0 Å². The van der Waals surface area contributed by atoms with E-state index in [1.807, 2.05) is 26.0 Å². The van der Waals surface area contributed by atoms with Crippen molar-refractivity contribution < 1.29 is 9.84 Å². The third-order valence-corrected chi connectivity index (χ3v) is 3.46. The van der Waals surface area contributed by atoms with E-state index in [1.54, 1.807) is 0 Å². The Morgan fingerprint density at radius 3 is 2.21 bits per heavy atom. The van der Waals surface area contributed by atoms with Crippen molar-refractivity contribution in [3.63, 3.8) is 0 Å². The molecule has 0 aromatic heterocycles. The summed E-state index contributed by atoms with van der Waals surface area (Å²) in [5.41, 5.74) is 0.528. The van der Waals surface area contributed by atoms with E-state index in [0.29, 0.717) is 25.5 Å². The average molecular weight is 265 g/mol. The summed E-state index contributed by atoms with van der Waals surface area (Å²) in [5.74, 6) is 0.814. The molecule has 1 aromatic rings. The van der Waals surface area contributed by atoms with Gasteiger partial charge in [-0.15, -0.1) is 0 Å². The fourth-order valence-corrected chi connectivity index (χ4v) is 1.70. The van der Waals surface area contributed by atoms with Gasteiger partial charge in [0.15, 0.2) is 0 Å². The van der Waals surface area contributed by atoms with Gasteiger partial charge in [0.1, 0.15) is 12.4 Å². The van der Waals surface area contributed by atoms with Crippen molar-refractivity contribution in [3.8, 4) is 5.75 Å². The normalized spacial score (nSPS) is 11.9. The number of nitrogens with one attached hydrogen (secondary N) is 1. The monoisotopic (exact) mass is 265 g/mol. The molecule has 0 aliphatic carbocycles. The molecule has 19 heavy (non-hydrogen) atoms. The zero-order valence-corrected chi connectivity index (χ0v) is 12.6. The van der Waals surface area contributed by atoms with Crippen LogP contribution in [0.1, 0.15) is 46.1 Å². The topological polar surface area (TPSA) is 41.5 Å². The predicted octanol–water partition coefficient (Wildman–Crippen LogP) is 3.11. The van der Waals surface area contributed by atoms with Crippen LogP contribution in [0.3, 0.4) is 0 Å². The van der Waals surface area contributed by atoms with Gasteiger partial charge in [-0.1, -0.05) is 39.8 Å². The van der Waals surface area contributed by atoms with E-state index >= 15 is 0 Å². The second kappa shape index (κ2) is 7.51. The lowest BCUT2D eigenvalue weighted by atomic mass is 9.99. The highest BCUT2D eigenvalue weighted by molar-refractivity contribution is 5.27. The quantitative estimate of drug-likeness (QED) is 0.759. The minimum absolute atomic E-state index is 0.351. The Labute approximate surface area is 117 Å². The molecule has 3 heteroatoms. The minimum Gasteiger partial charge on any atom is -0.491 e. The summed E-state index contributed by atoms with van der Waals surface area (Å²) in [5, 5.41) is 13.5. The number of ether oxygens (including phenoxy) is 1. The largest absolute Gasteiger partial charge is 0.491 e. The van der Waals surface area contributed by atoms with E-state index in [2.05, 4.69) is 31.3 Å². The molecule has 0 unspecified atom stereocenters. The second-order valence-electron chi connectivity index (χ2n) is 5.40. The molecule has 0 atom stereocenters. The van der Waals surface area contributed by atoms with Crippen LogP contribution in [0.4, 0.5) is 0 Å².